The Morgan fingerprint density at radius 3 is 2.63 bits per heavy atom. The normalized spacial score (nSPS) is 20.6. The highest BCUT2D eigenvalue weighted by molar-refractivity contribution is 5.96. The summed E-state index contributed by atoms with van der Waals surface area (Å²) in [6, 6.07) is 7.06. The zero-order valence-corrected chi connectivity index (χ0v) is 16.3. The van der Waals surface area contributed by atoms with Gasteiger partial charge < -0.3 is 19.9 Å². The third-order valence-electron chi connectivity index (χ3n) is 5.35. The van der Waals surface area contributed by atoms with Crippen LogP contribution in [0.3, 0.4) is 0 Å². The molecule has 3 amide bonds. The maximum atomic E-state index is 12.8. The molecule has 0 spiro atoms. The van der Waals surface area contributed by atoms with Gasteiger partial charge in [-0.1, -0.05) is 18.9 Å². The maximum Gasteiger partial charge on any atom is 0.321 e. The molecule has 2 aliphatic heterocycles. The minimum Gasteiger partial charge on any atom is -0.376 e. The van der Waals surface area contributed by atoms with Crippen LogP contribution in [0.4, 0.5) is 10.5 Å². The minimum atomic E-state index is -0.177. The van der Waals surface area contributed by atoms with Crippen LogP contribution in [0.2, 0.25) is 0 Å². The first-order valence-electron chi connectivity index (χ1n) is 10.2. The van der Waals surface area contributed by atoms with E-state index in [0.717, 1.165) is 51.8 Å². The second-order valence-electron chi connectivity index (χ2n) is 7.59. The number of hydrogen-bond donors (Lipinski definition) is 1. The summed E-state index contributed by atoms with van der Waals surface area (Å²) in [6.07, 6.45) is 7.88. The Morgan fingerprint density at radius 2 is 1.93 bits per heavy atom. The first-order valence-corrected chi connectivity index (χ1v) is 10.2. The van der Waals surface area contributed by atoms with Gasteiger partial charge in [0.15, 0.2) is 0 Å². The third-order valence-corrected chi connectivity index (χ3v) is 5.35. The number of ether oxygens (including phenoxy) is 1. The molecule has 1 aromatic carbocycles. The number of nitrogens with one attached hydrogen (secondary N) is 1. The van der Waals surface area contributed by atoms with Crippen LogP contribution in [-0.2, 0) is 4.74 Å². The molecule has 148 valence electrons. The van der Waals surface area contributed by atoms with Crippen LogP contribution in [0.5, 0.6) is 0 Å². The average Bonchev–Trinajstić information content (AvgIpc) is 2.98. The second-order valence-corrected chi connectivity index (χ2v) is 7.59. The van der Waals surface area contributed by atoms with E-state index in [1.807, 2.05) is 23.1 Å². The Labute approximate surface area is 161 Å². The summed E-state index contributed by atoms with van der Waals surface area (Å²) in [4.78, 5) is 28.8. The van der Waals surface area contributed by atoms with Crippen LogP contribution >= 0.6 is 0 Å². The molecule has 0 unspecified atom stereocenters. The van der Waals surface area contributed by atoms with E-state index in [0.29, 0.717) is 17.8 Å². The van der Waals surface area contributed by atoms with Gasteiger partial charge in [-0.15, -0.1) is 0 Å². The van der Waals surface area contributed by atoms with Gasteiger partial charge in [0.1, 0.15) is 0 Å². The highest BCUT2D eigenvalue weighted by Gasteiger charge is 2.20. The molecule has 27 heavy (non-hydrogen) atoms. The zero-order chi connectivity index (χ0) is 19.1. The molecule has 0 aromatic heterocycles. The predicted molar refractivity (Wildman–Crippen MR) is 106 cm³/mol. The Morgan fingerprint density at radius 1 is 1.15 bits per heavy atom. The van der Waals surface area contributed by atoms with E-state index in [-0.39, 0.29) is 18.0 Å². The molecule has 0 bridgehead atoms. The van der Waals surface area contributed by atoms with Gasteiger partial charge in [0.2, 0.25) is 0 Å². The van der Waals surface area contributed by atoms with Gasteiger partial charge in [-0.05, 0) is 50.3 Å². The summed E-state index contributed by atoms with van der Waals surface area (Å²) in [7, 11) is 1.78. The molecule has 1 N–H and O–H groups in total. The number of rotatable bonds is 4. The van der Waals surface area contributed by atoms with Crippen molar-refractivity contribution in [2.75, 3.05) is 38.6 Å². The molecule has 2 fully saturated rings. The number of anilines is 1. The van der Waals surface area contributed by atoms with Crippen LogP contribution in [0, 0.1) is 0 Å². The van der Waals surface area contributed by atoms with Crippen molar-refractivity contribution in [2.24, 2.45) is 0 Å². The first kappa shape index (κ1) is 19.7. The van der Waals surface area contributed by atoms with Crippen LogP contribution in [0.25, 0.3) is 0 Å². The fourth-order valence-corrected chi connectivity index (χ4v) is 3.74. The summed E-state index contributed by atoms with van der Waals surface area (Å²) < 4.78 is 5.71. The molecule has 6 heteroatoms. The van der Waals surface area contributed by atoms with E-state index < -0.39 is 0 Å². The molecular weight excluding hydrogens is 342 g/mol. The van der Waals surface area contributed by atoms with E-state index in [1.54, 1.807) is 18.0 Å². The predicted octanol–water partition coefficient (Wildman–Crippen LogP) is 3.74. The Balaban J connectivity index is 1.57. The number of benzene rings is 1. The maximum absolute atomic E-state index is 12.8. The van der Waals surface area contributed by atoms with Crippen LogP contribution in [-0.4, -0.2) is 61.1 Å². The Hall–Kier alpha value is -2.08. The smallest absolute Gasteiger partial charge is 0.321 e. The lowest BCUT2D eigenvalue weighted by Crippen LogP contribution is -2.39. The first-order chi connectivity index (χ1) is 13.1. The van der Waals surface area contributed by atoms with Crippen molar-refractivity contribution < 1.29 is 14.3 Å². The lowest BCUT2D eigenvalue weighted by Gasteiger charge is -2.27. The van der Waals surface area contributed by atoms with Gasteiger partial charge in [0.05, 0.1) is 6.10 Å². The molecule has 6 nitrogen and oxygen atoms in total. The van der Waals surface area contributed by atoms with E-state index in [2.05, 4.69) is 5.32 Å². The highest BCUT2D eigenvalue weighted by atomic mass is 16.5. The summed E-state index contributed by atoms with van der Waals surface area (Å²) in [5, 5.41) is 2.90. The largest absolute Gasteiger partial charge is 0.376 e. The van der Waals surface area contributed by atoms with Crippen molar-refractivity contribution in [3.63, 3.8) is 0 Å². The van der Waals surface area contributed by atoms with Gasteiger partial charge in [-0.25, -0.2) is 4.79 Å². The minimum absolute atomic E-state index is 0.0527. The molecule has 0 radical (unpaired) electrons. The lowest BCUT2D eigenvalue weighted by atomic mass is 10.1. The zero-order valence-electron chi connectivity index (χ0n) is 16.3. The van der Waals surface area contributed by atoms with E-state index in [4.69, 9.17) is 4.74 Å². The monoisotopic (exact) mass is 373 g/mol. The number of likely N-dealkylation sites (tertiary alicyclic amines) is 1. The van der Waals surface area contributed by atoms with Crippen LogP contribution in [0.1, 0.15) is 55.3 Å². The van der Waals surface area contributed by atoms with Crippen LogP contribution < -0.4 is 5.32 Å². The standard InChI is InChI=1S/C21H31N3O3/c1-23(16-19-11-4-7-14-27-19)21(26)22-18-10-8-9-17(15-18)20(25)24-12-5-2-3-6-13-24/h8-10,15,19H,2-7,11-14,16H2,1H3,(H,22,26)/t19-/m1/s1. The Bertz CT molecular complexity index is 635. The summed E-state index contributed by atoms with van der Waals surface area (Å²) in [5.74, 6) is 0.0527. The number of likely N-dealkylation sites (N-methyl/N-ethyl adjacent to an activating group) is 1. The van der Waals surface area contributed by atoms with E-state index >= 15 is 0 Å². The molecule has 1 atom stereocenters. The molecule has 0 aliphatic carbocycles. The summed E-state index contributed by atoms with van der Waals surface area (Å²) in [6.45, 7) is 3.00. The van der Waals surface area contributed by atoms with Crippen molar-refractivity contribution in [3.8, 4) is 0 Å². The van der Waals surface area contributed by atoms with E-state index in [1.165, 1.54) is 12.8 Å². The van der Waals surface area contributed by atoms with Crippen LogP contribution in [0.15, 0.2) is 24.3 Å². The van der Waals surface area contributed by atoms with Gasteiger partial charge in [-0.3, -0.25) is 4.79 Å². The molecule has 2 aliphatic rings. The van der Waals surface area contributed by atoms with Crippen molar-refractivity contribution in [1.82, 2.24) is 9.80 Å². The number of carbonyl (C=O) groups excluding carboxylic acids is 2. The number of urea groups is 1. The molecule has 0 saturated carbocycles. The number of carbonyl (C=O) groups is 2. The SMILES string of the molecule is CN(C[C@H]1CCCCO1)C(=O)Nc1cccc(C(=O)N2CCCCCC2)c1. The quantitative estimate of drug-likeness (QED) is 0.875. The summed E-state index contributed by atoms with van der Waals surface area (Å²) >= 11 is 0. The average molecular weight is 373 g/mol. The second kappa shape index (κ2) is 9.74. The van der Waals surface area contributed by atoms with Gasteiger partial charge in [0.25, 0.3) is 5.91 Å². The van der Waals surface area contributed by atoms with Crippen molar-refractivity contribution in [1.29, 1.82) is 0 Å². The van der Waals surface area contributed by atoms with Gasteiger partial charge in [0, 0.05) is 44.5 Å². The molecule has 1 aromatic rings. The third kappa shape index (κ3) is 5.70. The Kier molecular flexibility index (Phi) is 7.10. The fraction of sp³-hybridized carbons (Fsp3) is 0.619. The molecular formula is C21H31N3O3. The molecule has 2 saturated heterocycles. The number of nitrogens with zero attached hydrogens (tertiary/aromatic N) is 2. The molecule has 2 heterocycles. The lowest BCUT2D eigenvalue weighted by molar-refractivity contribution is 0.00463. The van der Waals surface area contributed by atoms with Crippen molar-refractivity contribution in [2.45, 2.75) is 51.0 Å². The highest BCUT2D eigenvalue weighted by Crippen LogP contribution is 2.17. The van der Waals surface area contributed by atoms with Gasteiger partial charge >= 0.3 is 6.03 Å². The van der Waals surface area contributed by atoms with Gasteiger partial charge in [-0.2, -0.15) is 0 Å². The summed E-state index contributed by atoms with van der Waals surface area (Å²) in [5.41, 5.74) is 1.28. The molecule has 3 rings (SSSR count). The van der Waals surface area contributed by atoms with Crippen molar-refractivity contribution in [3.05, 3.63) is 29.8 Å². The topological polar surface area (TPSA) is 61.9 Å². The van der Waals surface area contributed by atoms with E-state index in [9.17, 15) is 9.59 Å². The number of amides is 3. The number of hydrogen-bond acceptors (Lipinski definition) is 3. The van der Waals surface area contributed by atoms with Crippen molar-refractivity contribution >= 4 is 17.6 Å². The fourth-order valence-electron chi connectivity index (χ4n) is 3.74.